The van der Waals surface area contributed by atoms with E-state index in [1.807, 2.05) is 36.4 Å². The van der Waals surface area contributed by atoms with E-state index in [1.54, 1.807) is 24.3 Å². The van der Waals surface area contributed by atoms with Gasteiger partial charge in [-0.1, -0.05) is 40.2 Å². The van der Waals surface area contributed by atoms with Crippen molar-refractivity contribution < 1.29 is 14.3 Å². The molecule has 0 aliphatic heterocycles. The molecule has 3 rings (SSSR count). The van der Waals surface area contributed by atoms with Crippen molar-refractivity contribution in [2.45, 2.75) is 4.90 Å². The van der Waals surface area contributed by atoms with Gasteiger partial charge in [0.05, 0.1) is 23.2 Å². The van der Waals surface area contributed by atoms with Crippen LogP contribution < -0.4 is 5.32 Å². The molecule has 2 N–H and O–H groups in total. The van der Waals surface area contributed by atoms with Crippen molar-refractivity contribution in [3.63, 3.8) is 0 Å². The lowest BCUT2D eigenvalue weighted by Crippen LogP contribution is -2.21. The Labute approximate surface area is 179 Å². The first-order valence-electron chi connectivity index (χ1n) is 8.44. The van der Waals surface area contributed by atoms with E-state index in [2.05, 4.69) is 31.4 Å². The molecular formula is C20H15BrN4O3S. The average molecular weight is 471 g/mol. The number of esters is 1. The highest BCUT2D eigenvalue weighted by Gasteiger charge is 2.15. The molecule has 29 heavy (non-hydrogen) atoms. The number of nitrogens with zero attached hydrogens (tertiary/aromatic N) is 2. The molecule has 0 saturated carbocycles. The Morgan fingerprint density at radius 1 is 1.21 bits per heavy atom. The van der Waals surface area contributed by atoms with Crippen molar-refractivity contribution in [1.29, 1.82) is 5.26 Å². The molecule has 0 spiro atoms. The number of nitrogens with one attached hydrogen (secondary N) is 2. The quantitative estimate of drug-likeness (QED) is 0.394. The molecule has 1 heterocycles. The second-order valence-corrected chi connectivity index (χ2v) is 7.67. The first kappa shape index (κ1) is 20.6. The van der Waals surface area contributed by atoms with Gasteiger partial charge in [0.2, 0.25) is 0 Å². The first-order chi connectivity index (χ1) is 14.1. The molecule has 0 atom stereocenters. The van der Waals surface area contributed by atoms with Crippen molar-refractivity contribution in [2.75, 3.05) is 17.7 Å². The van der Waals surface area contributed by atoms with Crippen LogP contribution in [0.1, 0.15) is 10.5 Å². The number of para-hydroxylation sites is 1. The number of hydrogen-bond acceptors (Lipinski definition) is 6. The Bertz CT molecular complexity index is 1060. The van der Waals surface area contributed by atoms with E-state index in [0.717, 1.165) is 14.9 Å². The maximum atomic E-state index is 12.2. The van der Waals surface area contributed by atoms with Crippen molar-refractivity contribution in [2.24, 2.45) is 0 Å². The van der Waals surface area contributed by atoms with E-state index in [0.29, 0.717) is 11.4 Å². The lowest BCUT2D eigenvalue weighted by molar-refractivity contribution is -0.119. The van der Waals surface area contributed by atoms with Crippen LogP contribution in [0.2, 0.25) is 0 Å². The molecule has 1 amide bonds. The summed E-state index contributed by atoms with van der Waals surface area (Å²) >= 11 is 4.68. The molecule has 3 aromatic rings. The van der Waals surface area contributed by atoms with Gasteiger partial charge in [0, 0.05) is 14.9 Å². The van der Waals surface area contributed by atoms with E-state index < -0.39 is 18.5 Å². The first-order valence-corrected chi connectivity index (χ1v) is 10.2. The van der Waals surface area contributed by atoms with Gasteiger partial charge in [-0.3, -0.25) is 9.89 Å². The Hall–Kier alpha value is -3.09. The highest BCUT2D eigenvalue weighted by atomic mass is 79.9. The van der Waals surface area contributed by atoms with Crippen molar-refractivity contribution in [1.82, 2.24) is 10.2 Å². The SMILES string of the molecule is N#CCSc1ccccc1NC(=O)COC(=O)c1cc(-c2ccc(Br)cc2)n[nH]1. The van der Waals surface area contributed by atoms with E-state index in [-0.39, 0.29) is 11.4 Å². The molecule has 146 valence electrons. The summed E-state index contributed by atoms with van der Waals surface area (Å²) in [6.45, 7) is -0.442. The molecule has 0 aliphatic rings. The number of thioether (sulfide) groups is 1. The van der Waals surface area contributed by atoms with Crippen LogP contribution in [0.5, 0.6) is 0 Å². The van der Waals surface area contributed by atoms with Crippen LogP contribution in [0.3, 0.4) is 0 Å². The third kappa shape index (κ3) is 5.70. The van der Waals surface area contributed by atoms with Gasteiger partial charge in [0.1, 0.15) is 5.69 Å². The van der Waals surface area contributed by atoms with Crippen molar-refractivity contribution >= 4 is 45.3 Å². The number of nitriles is 1. The second-order valence-electron chi connectivity index (χ2n) is 5.74. The molecule has 7 nitrogen and oxygen atoms in total. The number of amides is 1. The van der Waals surface area contributed by atoms with Gasteiger partial charge in [-0.05, 0) is 30.3 Å². The Morgan fingerprint density at radius 2 is 1.97 bits per heavy atom. The minimum atomic E-state index is -0.678. The normalized spacial score (nSPS) is 10.2. The largest absolute Gasteiger partial charge is 0.451 e. The van der Waals surface area contributed by atoms with Crippen LogP contribution in [0, 0.1) is 11.3 Å². The predicted molar refractivity (Wildman–Crippen MR) is 113 cm³/mol. The molecule has 0 bridgehead atoms. The van der Waals surface area contributed by atoms with Gasteiger partial charge in [0.15, 0.2) is 6.61 Å². The van der Waals surface area contributed by atoms with E-state index in [4.69, 9.17) is 10.00 Å². The fourth-order valence-corrected chi connectivity index (χ4v) is 3.33. The van der Waals surface area contributed by atoms with Gasteiger partial charge in [0.25, 0.3) is 5.91 Å². The third-order valence-electron chi connectivity index (χ3n) is 3.73. The van der Waals surface area contributed by atoms with Gasteiger partial charge in [-0.2, -0.15) is 10.4 Å². The van der Waals surface area contributed by atoms with Crippen LogP contribution in [0.4, 0.5) is 5.69 Å². The van der Waals surface area contributed by atoms with Crippen LogP contribution >= 0.6 is 27.7 Å². The smallest absolute Gasteiger partial charge is 0.356 e. The second kappa shape index (κ2) is 9.91. The summed E-state index contributed by atoms with van der Waals surface area (Å²) in [4.78, 5) is 25.1. The monoisotopic (exact) mass is 470 g/mol. The topological polar surface area (TPSA) is 108 Å². The van der Waals surface area contributed by atoms with Gasteiger partial charge in [-0.15, -0.1) is 11.8 Å². The fourth-order valence-electron chi connectivity index (χ4n) is 2.40. The maximum absolute atomic E-state index is 12.2. The van der Waals surface area contributed by atoms with Crippen molar-refractivity contribution in [3.8, 4) is 17.3 Å². The summed E-state index contributed by atoms with van der Waals surface area (Å²) in [6, 6.07) is 18.2. The summed E-state index contributed by atoms with van der Waals surface area (Å²) in [5.41, 5.74) is 2.15. The summed E-state index contributed by atoms with van der Waals surface area (Å²) in [6.07, 6.45) is 0. The lowest BCUT2D eigenvalue weighted by Gasteiger charge is -2.09. The number of rotatable bonds is 7. The highest BCUT2D eigenvalue weighted by Crippen LogP contribution is 2.26. The minimum absolute atomic E-state index is 0.153. The number of ether oxygens (including phenoxy) is 1. The molecule has 0 aliphatic carbocycles. The maximum Gasteiger partial charge on any atom is 0.356 e. The van der Waals surface area contributed by atoms with E-state index >= 15 is 0 Å². The number of hydrogen-bond donors (Lipinski definition) is 2. The lowest BCUT2D eigenvalue weighted by atomic mass is 10.1. The number of carbonyl (C=O) groups is 2. The van der Waals surface area contributed by atoms with E-state index in [9.17, 15) is 9.59 Å². The predicted octanol–water partition coefficient (Wildman–Crippen LogP) is 4.25. The van der Waals surface area contributed by atoms with Crippen LogP contribution in [-0.2, 0) is 9.53 Å². The number of aromatic nitrogens is 2. The number of halogens is 1. The van der Waals surface area contributed by atoms with Crippen LogP contribution in [-0.4, -0.2) is 34.4 Å². The number of carbonyl (C=O) groups excluding carboxylic acids is 2. The molecule has 2 aromatic carbocycles. The standard InChI is InChI=1S/C20H15BrN4O3S/c21-14-7-5-13(6-8-14)16-11-17(25-24-16)20(27)28-12-19(26)23-15-3-1-2-4-18(15)29-10-9-22/h1-8,11H,10,12H2,(H,23,26)(H,24,25). The minimum Gasteiger partial charge on any atom is -0.451 e. The zero-order valence-corrected chi connectivity index (χ0v) is 17.4. The Kier molecular flexibility index (Phi) is 7.05. The molecule has 0 radical (unpaired) electrons. The molecule has 0 fully saturated rings. The Morgan fingerprint density at radius 3 is 2.72 bits per heavy atom. The number of benzene rings is 2. The highest BCUT2D eigenvalue weighted by molar-refractivity contribution is 9.10. The molecule has 0 unspecified atom stereocenters. The summed E-state index contributed by atoms with van der Waals surface area (Å²) in [5, 5.41) is 18.1. The third-order valence-corrected chi connectivity index (χ3v) is 5.19. The van der Waals surface area contributed by atoms with Crippen LogP contribution in [0.25, 0.3) is 11.3 Å². The number of anilines is 1. The van der Waals surface area contributed by atoms with E-state index in [1.165, 1.54) is 11.8 Å². The Balaban J connectivity index is 1.57. The molecule has 0 saturated heterocycles. The summed E-state index contributed by atoms with van der Waals surface area (Å²) < 4.78 is 6.00. The zero-order chi connectivity index (χ0) is 20.6. The van der Waals surface area contributed by atoms with Gasteiger partial charge < -0.3 is 10.1 Å². The van der Waals surface area contributed by atoms with Crippen LogP contribution in [0.15, 0.2) is 64.0 Å². The fraction of sp³-hybridized carbons (Fsp3) is 0.100. The number of H-pyrrole nitrogens is 1. The van der Waals surface area contributed by atoms with Gasteiger partial charge in [-0.25, -0.2) is 4.79 Å². The molecular weight excluding hydrogens is 456 g/mol. The summed E-state index contributed by atoms with van der Waals surface area (Å²) in [5.74, 6) is -0.887. The average Bonchev–Trinajstić information content (AvgIpc) is 3.22. The van der Waals surface area contributed by atoms with Crippen molar-refractivity contribution in [3.05, 3.63) is 64.8 Å². The summed E-state index contributed by atoms with van der Waals surface area (Å²) in [7, 11) is 0. The molecule has 9 heteroatoms. The molecule has 1 aromatic heterocycles. The van der Waals surface area contributed by atoms with Gasteiger partial charge >= 0.3 is 5.97 Å². The zero-order valence-electron chi connectivity index (χ0n) is 15.0. The number of aromatic amines is 1.